The fourth-order valence-electron chi connectivity index (χ4n) is 3.06. The highest BCUT2D eigenvalue weighted by Crippen LogP contribution is 2.33. The summed E-state index contributed by atoms with van der Waals surface area (Å²) in [6.45, 7) is 0. The minimum atomic E-state index is -2.30. The van der Waals surface area contributed by atoms with Crippen LogP contribution in [0, 0.1) is 0 Å². The van der Waals surface area contributed by atoms with Gasteiger partial charge in [0.1, 0.15) is 0 Å². The Balaban J connectivity index is 1.88. The summed E-state index contributed by atoms with van der Waals surface area (Å²) < 4.78 is 18.0. The lowest BCUT2D eigenvalue weighted by molar-refractivity contribution is -0.117. The molecule has 1 unspecified atom stereocenters. The van der Waals surface area contributed by atoms with Crippen LogP contribution >= 0.6 is 0 Å². The molecule has 7 heteroatoms. The van der Waals surface area contributed by atoms with Crippen molar-refractivity contribution in [2.45, 2.75) is 25.2 Å². The molecule has 0 aliphatic heterocycles. The second-order valence-electron chi connectivity index (χ2n) is 6.43. The van der Waals surface area contributed by atoms with Gasteiger partial charge in [-0.1, -0.05) is 12.1 Å². The molecule has 3 rings (SSSR count). The van der Waals surface area contributed by atoms with Gasteiger partial charge in [0.2, 0.25) is 5.91 Å². The Morgan fingerprint density at radius 3 is 2.88 bits per heavy atom. The second-order valence-corrected chi connectivity index (χ2v) is 8.97. The van der Waals surface area contributed by atoms with Crippen molar-refractivity contribution in [3.05, 3.63) is 41.7 Å². The van der Waals surface area contributed by atoms with Gasteiger partial charge < -0.3 is 5.32 Å². The molecule has 1 heterocycles. The van der Waals surface area contributed by atoms with E-state index >= 15 is 0 Å². The number of hydrogen-bond acceptors (Lipinski definition) is 4. The van der Waals surface area contributed by atoms with Gasteiger partial charge in [0.15, 0.2) is 0 Å². The van der Waals surface area contributed by atoms with Crippen LogP contribution in [0.5, 0.6) is 0 Å². The zero-order valence-electron chi connectivity index (χ0n) is 14.2. The van der Waals surface area contributed by atoms with Crippen LogP contribution in [-0.4, -0.2) is 32.4 Å². The molecule has 1 aromatic heterocycles. The van der Waals surface area contributed by atoms with Gasteiger partial charge in [0.05, 0.1) is 23.0 Å². The van der Waals surface area contributed by atoms with Crippen LogP contribution in [0.2, 0.25) is 0 Å². The molecule has 0 saturated carbocycles. The maximum absolute atomic E-state index is 12.8. The molecular formula is C17H22N4O2S. The van der Waals surface area contributed by atoms with Crippen LogP contribution in [0.1, 0.15) is 30.0 Å². The summed E-state index contributed by atoms with van der Waals surface area (Å²) in [4.78, 5) is 12.8. The molecule has 24 heavy (non-hydrogen) atoms. The van der Waals surface area contributed by atoms with E-state index in [2.05, 4.69) is 14.8 Å². The van der Waals surface area contributed by atoms with E-state index in [1.54, 1.807) is 29.3 Å². The van der Waals surface area contributed by atoms with E-state index in [1.165, 1.54) is 0 Å². The summed E-state index contributed by atoms with van der Waals surface area (Å²) in [6.07, 6.45) is 7.76. The highest BCUT2D eigenvalue weighted by molar-refractivity contribution is 7.92. The zero-order chi connectivity index (χ0) is 17.3. The van der Waals surface area contributed by atoms with Crippen LogP contribution in [0.4, 0.5) is 11.4 Å². The van der Waals surface area contributed by atoms with Crippen LogP contribution in [0.15, 0.2) is 34.8 Å². The number of aryl methyl sites for hydroxylation is 2. The third-order valence-corrected chi connectivity index (χ3v) is 4.65. The molecule has 0 radical (unpaired) electrons. The van der Waals surface area contributed by atoms with Crippen LogP contribution in [0.25, 0.3) is 0 Å². The number of rotatable bonds is 3. The molecule has 6 nitrogen and oxygen atoms in total. The molecule has 128 valence electrons. The lowest BCUT2D eigenvalue weighted by Gasteiger charge is -2.21. The number of amides is 1. The number of anilines is 1. The van der Waals surface area contributed by atoms with Crippen LogP contribution in [-0.2, 0) is 28.0 Å². The minimum absolute atomic E-state index is 0.0645. The number of nitrogens with one attached hydrogen (secondary N) is 1. The van der Waals surface area contributed by atoms with Gasteiger partial charge >= 0.3 is 0 Å². The van der Waals surface area contributed by atoms with E-state index in [0.717, 1.165) is 30.5 Å². The third-order valence-electron chi connectivity index (χ3n) is 4.02. The van der Waals surface area contributed by atoms with Gasteiger partial charge in [0, 0.05) is 41.0 Å². The SMILES string of the molecule is Cn1cc2c(n1)CCCC2C(=O)Nc1ccccc1N=S(C)(C)=O. The van der Waals surface area contributed by atoms with Crippen molar-refractivity contribution >= 4 is 27.0 Å². The lowest BCUT2D eigenvalue weighted by atomic mass is 9.86. The molecule has 1 aromatic carbocycles. The number of carbonyl (C=O) groups excluding carboxylic acids is 1. The molecule has 1 amide bonds. The Labute approximate surface area is 142 Å². The van der Waals surface area contributed by atoms with Gasteiger partial charge in [-0.25, -0.2) is 4.21 Å². The summed E-state index contributed by atoms with van der Waals surface area (Å²) in [5, 5.41) is 7.39. The van der Waals surface area contributed by atoms with Crippen LogP contribution < -0.4 is 5.32 Å². The minimum Gasteiger partial charge on any atom is -0.324 e. The van der Waals surface area contributed by atoms with Gasteiger partial charge in [-0.2, -0.15) is 9.46 Å². The predicted octanol–water partition coefficient (Wildman–Crippen LogP) is 2.84. The third kappa shape index (κ3) is 3.67. The smallest absolute Gasteiger partial charge is 0.232 e. The number of fused-ring (bicyclic) bond motifs is 1. The first kappa shape index (κ1) is 16.7. The lowest BCUT2D eigenvalue weighted by Crippen LogP contribution is -2.24. The van der Waals surface area contributed by atoms with Crippen molar-refractivity contribution < 1.29 is 9.00 Å². The molecule has 0 saturated heterocycles. The maximum atomic E-state index is 12.8. The van der Waals surface area contributed by atoms with E-state index in [4.69, 9.17) is 0 Å². The zero-order valence-corrected chi connectivity index (χ0v) is 15.0. The van der Waals surface area contributed by atoms with E-state index in [1.807, 2.05) is 25.4 Å². The largest absolute Gasteiger partial charge is 0.324 e. The van der Waals surface area contributed by atoms with Crippen LogP contribution in [0.3, 0.4) is 0 Å². The Bertz CT molecular complexity index is 886. The quantitative estimate of drug-likeness (QED) is 0.928. The standard InChI is InChI=1S/C17H22N4O2S/c1-21-11-13-12(7-6-10-14(13)19-21)17(22)18-15-8-4-5-9-16(15)20-24(2,3)23/h4-5,8-9,11-12H,6-7,10H2,1-3H3,(H,18,22). The van der Waals surface area contributed by atoms with E-state index in [9.17, 15) is 9.00 Å². The number of hydrogen-bond donors (Lipinski definition) is 1. The summed E-state index contributed by atoms with van der Waals surface area (Å²) in [7, 11) is -0.420. The number of carbonyl (C=O) groups is 1. The maximum Gasteiger partial charge on any atom is 0.232 e. The van der Waals surface area contributed by atoms with E-state index < -0.39 is 9.73 Å². The average molecular weight is 346 g/mol. The molecular weight excluding hydrogens is 324 g/mol. The topological polar surface area (TPSA) is 76.3 Å². The van der Waals surface area contributed by atoms with Gasteiger partial charge in [-0.3, -0.25) is 9.48 Å². The molecule has 1 aliphatic rings. The number of para-hydroxylation sites is 1. The molecule has 2 aromatic rings. The highest BCUT2D eigenvalue weighted by Gasteiger charge is 2.29. The van der Waals surface area contributed by atoms with E-state index in [-0.39, 0.29) is 11.8 Å². The fraction of sp³-hybridized carbons (Fsp3) is 0.412. The second kappa shape index (κ2) is 6.39. The number of aromatic nitrogens is 2. The number of benzene rings is 1. The molecule has 0 bridgehead atoms. The number of nitrogens with zero attached hydrogens (tertiary/aromatic N) is 3. The first-order chi connectivity index (χ1) is 11.3. The Morgan fingerprint density at radius 1 is 1.38 bits per heavy atom. The van der Waals surface area contributed by atoms with Gasteiger partial charge in [-0.15, -0.1) is 0 Å². The summed E-state index contributed by atoms with van der Waals surface area (Å²) >= 11 is 0. The predicted molar refractivity (Wildman–Crippen MR) is 96.0 cm³/mol. The van der Waals surface area contributed by atoms with Gasteiger partial charge in [-0.05, 0) is 31.4 Å². The van der Waals surface area contributed by atoms with Crippen molar-refractivity contribution in [2.75, 3.05) is 17.8 Å². The van der Waals surface area contributed by atoms with Crippen molar-refractivity contribution in [1.82, 2.24) is 9.78 Å². The van der Waals surface area contributed by atoms with E-state index in [0.29, 0.717) is 11.4 Å². The normalized spacial score (nSPS) is 17.2. The van der Waals surface area contributed by atoms with Crippen molar-refractivity contribution in [1.29, 1.82) is 0 Å². The molecule has 0 spiro atoms. The Morgan fingerprint density at radius 2 is 2.12 bits per heavy atom. The summed E-state index contributed by atoms with van der Waals surface area (Å²) in [6, 6.07) is 7.20. The van der Waals surface area contributed by atoms with Crippen molar-refractivity contribution in [3.63, 3.8) is 0 Å². The monoisotopic (exact) mass is 346 g/mol. The average Bonchev–Trinajstić information content (AvgIpc) is 2.87. The highest BCUT2D eigenvalue weighted by atomic mass is 32.2. The molecule has 1 aliphatic carbocycles. The molecule has 0 fully saturated rings. The first-order valence-electron chi connectivity index (χ1n) is 7.93. The first-order valence-corrected chi connectivity index (χ1v) is 10.3. The fourth-order valence-corrected chi connectivity index (χ4v) is 3.69. The van der Waals surface area contributed by atoms with Gasteiger partial charge in [0.25, 0.3) is 0 Å². The summed E-state index contributed by atoms with van der Waals surface area (Å²) in [5.41, 5.74) is 3.15. The van der Waals surface area contributed by atoms with Crippen molar-refractivity contribution in [2.24, 2.45) is 11.4 Å². The summed E-state index contributed by atoms with van der Waals surface area (Å²) in [5.74, 6) is -0.270. The Kier molecular flexibility index (Phi) is 4.45. The molecule has 1 atom stereocenters. The Hall–Kier alpha value is -2.15. The van der Waals surface area contributed by atoms with Crippen molar-refractivity contribution in [3.8, 4) is 0 Å². The molecule has 1 N–H and O–H groups in total.